The predicted molar refractivity (Wildman–Crippen MR) is 108 cm³/mol. The van der Waals surface area contributed by atoms with E-state index in [-0.39, 0.29) is 19.2 Å². The first kappa shape index (κ1) is 19.9. The third-order valence-electron chi connectivity index (χ3n) is 5.58. The number of carbonyl (C=O) groups is 1. The Labute approximate surface area is 173 Å². The monoisotopic (exact) mass is 412 g/mol. The van der Waals surface area contributed by atoms with E-state index < -0.39 is 11.6 Å². The van der Waals surface area contributed by atoms with Crippen molar-refractivity contribution < 1.29 is 23.0 Å². The van der Waals surface area contributed by atoms with Crippen LogP contribution in [0.4, 0.5) is 8.78 Å². The van der Waals surface area contributed by atoms with Gasteiger partial charge >= 0.3 is 0 Å². The smallest absolute Gasteiger partial charge is 0.268 e. The van der Waals surface area contributed by atoms with Gasteiger partial charge in [-0.25, -0.2) is 8.78 Å². The second-order valence-corrected chi connectivity index (χ2v) is 7.38. The van der Waals surface area contributed by atoms with Gasteiger partial charge in [-0.1, -0.05) is 12.1 Å². The molecule has 1 aliphatic rings. The Balaban J connectivity index is 1.58. The minimum atomic E-state index is -0.634. The van der Waals surface area contributed by atoms with Gasteiger partial charge in [-0.2, -0.15) is 0 Å². The van der Waals surface area contributed by atoms with E-state index in [1.54, 1.807) is 4.57 Å². The number of carbonyl (C=O) groups excluding carboxylic acids is 1. The zero-order valence-electron chi connectivity index (χ0n) is 17.0. The molecule has 7 heteroatoms. The number of hydrogen-bond donors (Lipinski definition) is 1. The van der Waals surface area contributed by atoms with Crippen LogP contribution in [0, 0.1) is 32.4 Å². The molecule has 3 aromatic rings. The summed E-state index contributed by atoms with van der Waals surface area (Å²) in [4.78, 5) is 13.0. The fraction of sp³-hybridized carbons (Fsp3) is 0.261. The van der Waals surface area contributed by atoms with E-state index >= 15 is 0 Å². The minimum absolute atomic E-state index is 0.138. The minimum Gasteiger partial charge on any atom is -0.454 e. The highest BCUT2D eigenvalue weighted by Gasteiger charge is 2.22. The zero-order chi connectivity index (χ0) is 21.4. The number of nitrogens with one attached hydrogen (secondary N) is 1. The van der Waals surface area contributed by atoms with E-state index in [1.165, 1.54) is 12.1 Å². The first-order chi connectivity index (χ1) is 14.3. The molecule has 0 unspecified atom stereocenters. The average Bonchev–Trinajstić information content (AvgIpc) is 3.27. The van der Waals surface area contributed by atoms with E-state index in [9.17, 15) is 13.6 Å². The SMILES string of the molecule is Cc1c(C)c(C(=O)NCc2ccc3c(c2)OCO3)n(Cc2ccc(F)cc2F)c1C. The molecule has 5 nitrogen and oxygen atoms in total. The molecule has 1 aromatic heterocycles. The molecule has 1 N–H and O–H groups in total. The van der Waals surface area contributed by atoms with E-state index in [4.69, 9.17) is 9.47 Å². The molecule has 0 spiro atoms. The van der Waals surface area contributed by atoms with Crippen molar-refractivity contribution in [3.8, 4) is 11.5 Å². The van der Waals surface area contributed by atoms with Crippen molar-refractivity contribution in [1.82, 2.24) is 9.88 Å². The molecule has 4 rings (SSSR count). The zero-order valence-corrected chi connectivity index (χ0v) is 17.0. The standard InChI is InChI=1S/C23H22F2N2O3/c1-13-14(2)22(27(15(13)3)11-17-5-6-18(24)9-19(17)25)23(28)26-10-16-4-7-20-21(8-16)30-12-29-20/h4-9H,10-12H2,1-3H3,(H,26,28). The predicted octanol–water partition coefficient (Wildman–Crippen LogP) is 4.40. The molecule has 0 fully saturated rings. The quantitative estimate of drug-likeness (QED) is 0.676. The molecule has 0 aliphatic carbocycles. The maximum absolute atomic E-state index is 14.2. The molecule has 0 saturated heterocycles. The van der Waals surface area contributed by atoms with Gasteiger partial charge in [0.1, 0.15) is 17.3 Å². The number of aromatic nitrogens is 1. The van der Waals surface area contributed by atoms with E-state index in [2.05, 4.69) is 5.32 Å². The Morgan fingerprint density at radius 1 is 1.03 bits per heavy atom. The van der Waals surface area contributed by atoms with Gasteiger partial charge < -0.3 is 19.4 Å². The molecule has 0 radical (unpaired) electrons. The maximum atomic E-state index is 14.2. The summed E-state index contributed by atoms with van der Waals surface area (Å²) in [6, 6.07) is 8.99. The highest BCUT2D eigenvalue weighted by atomic mass is 19.1. The van der Waals surface area contributed by atoms with Crippen LogP contribution in [-0.4, -0.2) is 17.3 Å². The molecule has 0 saturated carbocycles. The van der Waals surface area contributed by atoms with Crippen molar-refractivity contribution in [3.05, 3.63) is 81.7 Å². The lowest BCUT2D eigenvalue weighted by atomic mass is 10.1. The van der Waals surface area contributed by atoms with E-state index in [0.717, 1.165) is 28.5 Å². The van der Waals surface area contributed by atoms with Gasteiger partial charge in [0.25, 0.3) is 5.91 Å². The van der Waals surface area contributed by atoms with E-state index in [1.807, 2.05) is 39.0 Å². The molecular formula is C23H22F2N2O3. The van der Waals surface area contributed by atoms with Gasteiger partial charge in [0.05, 0.1) is 6.54 Å². The Bertz CT molecular complexity index is 1140. The normalized spacial score (nSPS) is 12.3. The van der Waals surface area contributed by atoms with Crippen molar-refractivity contribution in [2.75, 3.05) is 6.79 Å². The van der Waals surface area contributed by atoms with Crippen molar-refractivity contribution >= 4 is 5.91 Å². The summed E-state index contributed by atoms with van der Waals surface area (Å²) in [6.07, 6.45) is 0. The Morgan fingerprint density at radius 3 is 2.57 bits per heavy atom. The first-order valence-corrected chi connectivity index (χ1v) is 9.62. The van der Waals surface area contributed by atoms with Gasteiger partial charge in [-0.3, -0.25) is 4.79 Å². The number of rotatable bonds is 5. The lowest BCUT2D eigenvalue weighted by Gasteiger charge is -2.14. The lowest BCUT2D eigenvalue weighted by Crippen LogP contribution is -2.27. The number of hydrogen-bond acceptors (Lipinski definition) is 3. The summed E-state index contributed by atoms with van der Waals surface area (Å²) in [7, 11) is 0. The van der Waals surface area contributed by atoms with Crippen molar-refractivity contribution in [3.63, 3.8) is 0 Å². The number of nitrogens with zero attached hydrogens (tertiary/aromatic N) is 1. The number of benzene rings is 2. The summed E-state index contributed by atoms with van der Waals surface area (Å²) in [5.74, 6) is -0.189. The van der Waals surface area contributed by atoms with Crippen LogP contribution >= 0.6 is 0 Å². The molecule has 2 aromatic carbocycles. The van der Waals surface area contributed by atoms with Crippen molar-refractivity contribution in [2.45, 2.75) is 33.9 Å². The van der Waals surface area contributed by atoms with Crippen molar-refractivity contribution in [2.24, 2.45) is 0 Å². The van der Waals surface area contributed by atoms with Crippen LogP contribution in [0.5, 0.6) is 11.5 Å². The summed E-state index contributed by atoms with van der Waals surface area (Å²) < 4.78 is 39.9. The highest BCUT2D eigenvalue weighted by Crippen LogP contribution is 2.32. The van der Waals surface area contributed by atoms with E-state index in [0.29, 0.717) is 29.3 Å². The van der Waals surface area contributed by atoms with Crippen molar-refractivity contribution in [1.29, 1.82) is 0 Å². The molecule has 1 amide bonds. The molecule has 0 atom stereocenters. The van der Waals surface area contributed by atoms with Gasteiger partial charge in [-0.15, -0.1) is 0 Å². The first-order valence-electron chi connectivity index (χ1n) is 9.62. The van der Waals surface area contributed by atoms with Crippen LogP contribution in [0.3, 0.4) is 0 Å². The van der Waals surface area contributed by atoms with Crippen LogP contribution in [0.15, 0.2) is 36.4 Å². The van der Waals surface area contributed by atoms with Crippen LogP contribution in [0.2, 0.25) is 0 Å². The average molecular weight is 412 g/mol. The highest BCUT2D eigenvalue weighted by molar-refractivity contribution is 5.95. The summed E-state index contributed by atoms with van der Waals surface area (Å²) >= 11 is 0. The number of halogens is 2. The topological polar surface area (TPSA) is 52.5 Å². The third kappa shape index (κ3) is 3.63. The molecule has 30 heavy (non-hydrogen) atoms. The fourth-order valence-corrected chi connectivity index (χ4v) is 3.65. The number of amides is 1. The maximum Gasteiger partial charge on any atom is 0.268 e. The van der Waals surface area contributed by atoms with Crippen LogP contribution in [-0.2, 0) is 13.1 Å². The molecular weight excluding hydrogens is 390 g/mol. The van der Waals surface area contributed by atoms with Crippen LogP contribution < -0.4 is 14.8 Å². The molecule has 156 valence electrons. The largest absolute Gasteiger partial charge is 0.454 e. The third-order valence-corrected chi connectivity index (χ3v) is 5.58. The summed E-state index contributed by atoms with van der Waals surface area (Å²) in [6.45, 7) is 6.32. The summed E-state index contributed by atoms with van der Waals surface area (Å²) in [5, 5.41) is 2.93. The Kier molecular flexibility index (Phi) is 5.20. The summed E-state index contributed by atoms with van der Waals surface area (Å²) in [5.41, 5.74) is 4.32. The Hall–Kier alpha value is -3.35. The van der Waals surface area contributed by atoms with Crippen LogP contribution in [0.1, 0.15) is 38.4 Å². The number of ether oxygens (including phenoxy) is 2. The molecule has 1 aliphatic heterocycles. The lowest BCUT2D eigenvalue weighted by molar-refractivity contribution is 0.0941. The fourth-order valence-electron chi connectivity index (χ4n) is 3.65. The van der Waals surface area contributed by atoms with Gasteiger partial charge in [0, 0.05) is 23.9 Å². The molecule has 2 heterocycles. The molecule has 0 bridgehead atoms. The van der Waals surface area contributed by atoms with Gasteiger partial charge in [0.2, 0.25) is 6.79 Å². The number of fused-ring (bicyclic) bond motifs is 1. The second kappa shape index (κ2) is 7.82. The van der Waals surface area contributed by atoms with Crippen LogP contribution in [0.25, 0.3) is 0 Å². The van der Waals surface area contributed by atoms with Gasteiger partial charge in [0.15, 0.2) is 11.5 Å². The second-order valence-electron chi connectivity index (χ2n) is 7.38. The van der Waals surface area contributed by atoms with Gasteiger partial charge in [-0.05, 0) is 55.7 Å². The Morgan fingerprint density at radius 2 is 1.80 bits per heavy atom.